The van der Waals surface area contributed by atoms with Crippen molar-refractivity contribution >= 4 is 21.8 Å². The van der Waals surface area contributed by atoms with E-state index in [1.54, 1.807) is 0 Å². The molecule has 0 spiro atoms. The highest BCUT2D eigenvalue weighted by molar-refractivity contribution is 6.07. The lowest BCUT2D eigenvalue weighted by molar-refractivity contribution is 0.0357. The Labute approximate surface area is 149 Å². The van der Waals surface area contributed by atoms with E-state index in [4.69, 9.17) is 0 Å². The van der Waals surface area contributed by atoms with E-state index < -0.39 is 0 Å². The van der Waals surface area contributed by atoms with Gasteiger partial charge < -0.3 is 9.67 Å². The predicted octanol–water partition coefficient (Wildman–Crippen LogP) is 4.42. The molecule has 25 heavy (non-hydrogen) atoms. The highest BCUT2D eigenvalue weighted by Crippen LogP contribution is 2.29. The van der Waals surface area contributed by atoms with Crippen LogP contribution in [0.4, 0.5) is 0 Å². The van der Waals surface area contributed by atoms with Crippen LogP contribution < -0.4 is 0 Å². The van der Waals surface area contributed by atoms with Gasteiger partial charge >= 0.3 is 0 Å². The highest BCUT2D eigenvalue weighted by atomic mass is 16.3. The van der Waals surface area contributed by atoms with Crippen LogP contribution >= 0.6 is 0 Å². The molecule has 0 aliphatic carbocycles. The molecule has 0 radical (unpaired) electrons. The maximum atomic E-state index is 10.9. The molecule has 1 saturated heterocycles. The molecule has 3 aromatic rings. The zero-order valence-electron chi connectivity index (χ0n) is 15.2. The summed E-state index contributed by atoms with van der Waals surface area (Å²) in [7, 11) is 0. The lowest BCUT2D eigenvalue weighted by atomic mass is 9.97. The number of piperidine rings is 1. The molecule has 0 amide bonds. The largest absolute Gasteiger partial charge is 0.390 e. The molecule has 1 aliphatic heterocycles. The van der Waals surface area contributed by atoms with Gasteiger partial charge in [-0.25, -0.2) is 0 Å². The normalized spacial score (nSPS) is 23.3. The summed E-state index contributed by atoms with van der Waals surface area (Å²) in [4.78, 5) is 2.49. The minimum Gasteiger partial charge on any atom is -0.390 e. The molecule has 0 unspecified atom stereocenters. The number of benzene rings is 2. The van der Waals surface area contributed by atoms with Crippen LogP contribution in [0.25, 0.3) is 21.8 Å². The molecule has 1 N–H and O–H groups in total. The van der Waals surface area contributed by atoms with Gasteiger partial charge in [0, 0.05) is 40.4 Å². The first-order chi connectivity index (χ1) is 12.1. The number of nitrogens with zero attached hydrogens (tertiary/aromatic N) is 2. The van der Waals surface area contributed by atoms with Crippen molar-refractivity contribution in [3.05, 3.63) is 48.5 Å². The minimum absolute atomic E-state index is 0.359. The van der Waals surface area contributed by atoms with Gasteiger partial charge in [0.25, 0.3) is 0 Å². The minimum atomic E-state index is -0.359. The summed E-state index contributed by atoms with van der Waals surface area (Å²) in [6.07, 6.45) is 3.43. The Morgan fingerprint density at radius 2 is 1.40 bits per heavy atom. The van der Waals surface area contributed by atoms with Crippen molar-refractivity contribution < 1.29 is 5.11 Å². The SMILES string of the molecule is C[C@@H]1CCC[C@H](C)N1C[C@H](O)Cn1c2ccccc2c2ccccc21. The summed E-state index contributed by atoms with van der Waals surface area (Å²) in [5.41, 5.74) is 2.42. The van der Waals surface area contributed by atoms with Crippen LogP contribution in [0.3, 0.4) is 0 Å². The first kappa shape index (κ1) is 16.6. The standard InChI is InChI=1S/C22H28N2O/c1-16-8-7-9-17(2)23(16)14-18(25)15-24-21-12-5-3-10-19(21)20-11-4-6-13-22(20)24/h3-6,10-13,16-18,25H,7-9,14-15H2,1-2H3/t16-,17+,18-/m0/s1. The lowest BCUT2D eigenvalue weighted by Crippen LogP contribution is -2.48. The van der Waals surface area contributed by atoms with Gasteiger partial charge in [0.2, 0.25) is 0 Å². The summed E-state index contributed by atoms with van der Waals surface area (Å²) < 4.78 is 2.29. The summed E-state index contributed by atoms with van der Waals surface area (Å²) in [5, 5.41) is 13.4. The molecule has 2 heterocycles. The van der Waals surface area contributed by atoms with Crippen LogP contribution in [0.2, 0.25) is 0 Å². The van der Waals surface area contributed by atoms with E-state index in [0.717, 1.165) is 6.54 Å². The number of β-amino-alcohol motifs (C(OH)–C–C–N with tert-alkyl or cyclic N) is 1. The summed E-state index contributed by atoms with van der Waals surface area (Å²) in [5.74, 6) is 0. The van der Waals surface area contributed by atoms with Crippen molar-refractivity contribution in [1.29, 1.82) is 0 Å². The zero-order valence-corrected chi connectivity index (χ0v) is 15.2. The van der Waals surface area contributed by atoms with E-state index in [0.29, 0.717) is 18.6 Å². The topological polar surface area (TPSA) is 28.4 Å². The number of hydrogen-bond acceptors (Lipinski definition) is 2. The van der Waals surface area contributed by atoms with Crippen molar-refractivity contribution in [2.45, 2.75) is 57.8 Å². The molecule has 0 bridgehead atoms. The predicted molar refractivity (Wildman–Crippen MR) is 105 cm³/mol. The van der Waals surface area contributed by atoms with E-state index in [1.807, 2.05) is 0 Å². The van der Waals surface area contributed by atoms with Crippen LogP contribution in [-0.2, 0) is 6.54 Å². The van der Waals surface area contributed by atoms with Crippen molar-refractivity contribution in [3.8, 4) is 0 Å². The number of aliphatic hydroxyl groups is 1. The number of fused-ring (bicyclic) bond motifs is 3. The van der Waals surface area contributed by atoms with Crippen LogP contribution in [0.15, 0.2) is 48.5 Å². The van der Waals surface area contributed by atoms with Gasteiger partial charge in [-0.3, -0.25) is 4.90 Å². The van der Waals surface area contributed by atoms with E-state index in [2.05, 4.69) is 71.8 Å². The Balaban J connectivity index is 1.63. The second-order valence-corrected chi connectivity index (χ2v) is 7.62. The highest BCUT2D eigenvalue weighted by Gasteiger charge is 2.26. The van der Waals surface area contributed by atoms with E-state index >= 15 is 0 Å². The Morgan fingerprint density at radius 3 is 1.96 bits per heavy atom. The fourth-order valence-corrected chi connectivity index (χ4v) is 4.55. The quantitative estimate of drug-likeness (QED) is 0.764. The smallest absolute Gasteiger partial charge is 0.0846 e. The number of para-hydroxylation sites is 2. The molecule has 3 heteroatoms. The van der Waals surface area contributed by atoms with Crippen molar-refractivity contribution in [1.82, 2.24) is 9.47 Å². The molecule has 132 valence electrons. The van der Waals surface area contributed by atoms with E-state index in [-0.39, 0.29) is 6.10 Å². The summed E-state index contributed by atoms with van der Waals surface area (Å²) >= 11 is 0. The zero-order chi connectivity index (χ0) is 17.4. The van der Waals surface area contributed by atoms with Gasteiger partial charge in [-0.1, -0.05) is 42.8 Å². The third-order valence-corrected chi connectivity index (χ3v) is 5.87. The molecular formula is C22H28N2O. The van der Waals surface area contributed by atoms with Gasteiger partial charge in [-0.05, 0) is 38.8 Å². The average molecular weight is 336 g/mol. The molecule has 3 nitrogen and oxygen atoms in total. The number of aliphatic hydroxyl groups excluding tert-OH is 1. The van der Waals surface area contributed by atoms with Crippen LogP contribution in [0.1, 0.15) is 33.1 Å². The Hall–Kier alpha value is -1.84. The van der Waals surface area contributed by atoms with E-state index in [1.165, 1.54) is 41.1 Å². The van der Waals surface area contributed by atoms with Crippen LogP contribution in [-0.4, -0.2) is 39.3 Å². The molecular weight excluding hydrogens is 308 g/mol. The van der Waals surface area contributed by atoms with Crippen molar-refractivity contribution in [2.24, 2.45) is 0 Å². The second-order valence-electron chi connectivity index (χ2n) is 7.62. The Kier molecular flexibility index (Phi) is 4.53. The van der Waals surface area contributed by atoms with Crippen LogP contribution in [0, 0.1) is 0 Å². The molecule has 1 fully saturated rings. The lowest BCUT2D eigenvalue weighted by Gasteiger charge is -2.40. The first-order valence-corrected chi connectivity index (χ1v) is 9.55. The van der Waals surface area contributed by atoms with Crippen molar-refractivity contribution in [3.63, 3.8) is 0 Å². The number of likely N-dealkylation sites (tertiary alicyclic amines) is 1. The molecule has 1 aliphatic rings. The van der Waals surface area contributed by atoms with Crippen molar-refractivity contribution in [2.75, 3.05) is 6.54 Å². The molecule has 4 rings (SSSR count). The van der Waals surface area contributed by atoms with Gasteiger partial charge in [0.05, 0.1) is 12.6 Å². The summed E-state index contributed by atoms with van der Waals surface area (Å²) in [6, 6.07) is 18.2. The van der Waals surface area contributed by atoms with Gasteiger partial charge in [-0.2, -0.15) is 0 Å². The summed E-state index contributed by atoms with van der Waals surface area (Å²) in [6.45, 7) is 5.98. The third kappa shape index (κ3) is 3.07. The van der Waals surface area contributed by atoms with E-state index in [9.17, 15) is 5.11 Å². The molecule has 1 aromatic heterocycles. The fourth-order valence-electron chi connectivity index (χ4n) is 4.55. The molecule has 3 atom stereocenters. The Bertz CT molecular complexity index is 805. The monoisotopic (exact) mass is 336 g/mol. The second kappa shape index (κ2) is 6.81. The maximum Gasteiger partial charge on any atom is 0.0846 e. The van der Waals surface area contributed by atoms with Gasteiger partial charge in [-0.15, -0.1) is 0 Å². The first-order valence-electron chi connectivity index (χ1n) is 9.55. The molecule has 0 saturated carbocycles. The molecule has 2 aromatic carbocycles. The number of hydrogen-bond donors (Lipinski definition) is 1. The maximum absolute atomic E-state index is 10.9. The number of aromatic nitrogens is 1. The van der Waals surface area contributed by atoms with Crippen LogP contribution in [0.5, 0.6) is 0 Å². The van der Waals surface area contributed by atoms with Gasteiger partial charge in [0.1, 0.15) is 0 Å². The fraction of sp³-hybridized carbons (Fsp3) is 0.455. The number of rotatable bonds is 4. The van der Waals surface area contributed by atoms with Gasteiger partial charge in [0.15, 0.2) is 0 Å². The Morgan fingerprint density at radius 1 is 0.880 bits per heavy atom. The third-order valence-electron chi connectivity index (χ3n) is 5.87. The average Bonchev–Trinajstić information content (AvgIpc) is 2.93.